The maximum atomic E-state index is 13.3. The Morgan fingerprint density at radius 1 is 1.38 bits per heavy atom. The first-order chi connectivity index (χ1) is 6.07. The van der Waals surface area contributed by atoms with Crippen molar-refractivity contribution in [1.82, 2.24) is 0 Å². The fourth-order valence-corrected chi connectivity index (χ4v) is 1.14. The fourth-order valence-electron chi connectivity index (χ4n) is 1.14. The molecule has 0 radical (unpaired) electrons. The van der Waals surface area contributed by atoms with Gasteiger partial charge in [-0.15, -0.1) is 0 Å². The molecule has 72 valence electrons. The Kier molecular flexibility index (Phi) is 2.95. The molecule has 0 saturated heterocycles. The molecule has 4 N–H and O–H groups in total. The quantitative estimate of drug-likeness (QED) is 0.729. The van der Waals surface area contributed by atoms with Crippen molar-refractivity contribution in [3.63, 3.8) is 0 Å². The van der Waals surface area contributed by atoms with Gasteiger partial charge in [0.2, 0.25) is 0 Å². The van der Waals surface area contributed by atoms with Crippen LogP contribution in [0.4, 0.5) is 8.78 Å². The van der Waals surface area contributed by atoms with Crippen LogP contribution in [0.25, 0.3) is 0 Å². The van der Waals surface area contributed by atoms with Gasteiger partial charge in [-0.3, -0.25) is 0 Å². The molecular formula is C9H12F2N2. The first kappa shape index (κ1) is 10.1. The van der Waals surface area contributed by atoms with E-state index in [4.69, 9.17) is 11.5 Å². The number of benzene rings is 1. The van der Waals surface area contributed by atoms with E-state index >= 15 is 0 Å². The first-order valence-corrected chi connectivity index (χ1v) is 3.98. The number of halogens is 2. The van der Waals surface area contributed by atoms with Crippen molar-refractivity contribution in [3.05, 3.63) is 34.9 Å². The minimum absolute atomic E-state index is 0.0251. The van der Waals surface area contributed by atoms with Crippen LogP contribution in [0, 0.1) is 18.6 Å². The van der Waals surface area contributed by atoms with Gasteiger partial charge in [0.05, 0.1) is 0 Å². The highest BCUT2D eigenvalue weighted by molar-refractivity contribution is 5.29. The zero-order chi connectivity index (χ0) is 10.0. The predicted octanol–water partition coefficient (Wildman–Crippen LogP) is 1.23. The third kappa shape index (κ3) is 1.84. The van der Waals surface area contributed by atoms with Gasteiger partial charge in [-0.2, -0.15) is 0 Å². The maximum absolute atomic E-state index is 13.3. The molecule has 1 rings (SSSR count). The van der Waals surface area contributed by atoms with Crippen LogP contribution in [0.15, 0.2) is 12.1 Å². The average Bonchev–Trinajstić information content (AvgIpc) is 2.12. The lowest BCUT2D eigenvalue weighted by atomic mass is 10.0. The second kappa shape index (κ2) is 3.81. The zero-order valence-electron chi connectivity index (χ0n) is 7.35. The molecule has 1 aromatic rings. The van der Waals surface area contributed by atoms with Crippen molar-refractivity contribution in [2.24, 2.45) is 11.5 Å². The van der Waals surface area contributed by atoms with E-state index in [9.17, 15) is 8.78 Å². The Balaban J connectivity index is 3.25. The number of hydrogen-bond acceptors (Lipinski definition) is 2. The Morgan fingerprint density at radius 2 is 2.00 bits per heavy atom. The van der Waals surface area contributed by atoms with E-state index in [2.05, 4.69) is 0 Å². The number of rotatable bonds is 2. The summed E-state index contributed by atoms with van der Waals surface area (Å²) in [5.41, 5.74) is 10.9. The molecule has 0 aliphatic carbocycles. The molecule has 1 unspecified atom stereocenters. The van der Waals surface area contributed by atoms with E-state index in [1.54, 1.807) is 6.92 Å². The second-order valence-electron chi connectivity index (χ2n) is 2.93. The monoisotopic (exact) mass is 186 g/mol. The SMILES string of the molecule is Cc1ccc(F)c(C(N)CN)c1F. The summed E-state index contributed by atoms with van der Waals surface area (Å²) in [5.74, 6) is -1.24. The van der Waals surface area contributed by atoms with Gasteiger partial charge in [0.1, 0.15) is 11.6 Å². The zero-order valence-corrected chi connectivity index (χ0v) is 7.35. The Morgan fingerprint density at radius 3 is 2.54 bits per heavy atom. The first-order valence-electron chi connectivity index (χ1n) is 3.98. The van der Waals surface area contributed by atoms with Crippen molar-refractivity contribution < 1.29 is 8.78 Å². The number of nitrogens with two attached hydrogens (primary N) is 2. The lowest BCUT2D eigenvalue weighted by Gasteiger charge is -2.12. The van der Waals surface area contributed by atoms with Crippen LogP contribution in [-0.2, 0) is 0 Å². The summed E-state index contributed by atoms with van der Waals surface area (Å²) in [4.78, 5) is 0. The molecule has 0 aliphatic rings. The van der Waals surface area contributed by atoms with E-state index in [1.165, 1.54) is 12.1 Å². The molecule has 1 aromatic carbocycles. The summed E-state index contributed by atoms with van der Waals surface area (Å²) >= 11 is 0. The molecule has 0 saturated carbocycles. The van der Waals surface area contributed by atoms with E-state index in [0.29, 0.717) is 5.56 Å². The van der Waals surface area contributed by atoms with Crippen LogP contribution < -0.4 is 11.5 Å². The third-order valence-electron chi connectivity index (χ3n) is 1.94. The van der Waals surface area contributed by atoms with Crippen molar-refractivity contribution in [1.29, 1.82) is 0 Å². The summed E-state index contributed by atoms with van der Waals surface area (Å²) in [5, 5.41) is 0. The highest BCUT2D eigenvalue weighted by atomic mass is 19.1. The largest absolute Gasteiger partial charge is 0.329 e. The Hall–Kier alpha value is -1.00. The Bertz CT molecular complexity index is 313. The second-order valence-corrected chi connectivity index (χ2v) is 2.93. The van der Waals surface area contributed by atoms with Gasteiger partial charge in [-0.25, -0.2) is 8.78 Å². The van der Waals surface area contributed by atoms with Crippen LogP contribution in [0.3, 0.4) is 0 Å². The van der Waals surface area contributed by atoms with E-state index in [0.717, 1.165) is 0 Å². The topological polar surface area (TPSA) is 52.0 Å². The molecule has 2 nitrogen and oxygen atoms in total. The normalized spacial score (nSPS) is 13.0. The molecule has 1 atom stereocenters. The molecule has 13 heavy (non-hydrogen) atoms. The summed E-state index contributed by atoms with van der Waals surface area (Å²) < 4.78 is 26.4. The van der Waals surface area contributed by atoms with Gasteiger partial charge in [-0.05, 0) is 18.6 Å². The van der Waals surface area contributed by atoms with Gasteiger partial charge in [-0.1, -0.05) is 6.07 Å². The van der Waals surface area contributed by atoms with Gasteiger partial charge in [0, 0.05) is 18.2 Å². The van der Waals surface area contributed by atoms with Crippen molar-refractivity contribution in [2.45, 2.75) is 13.0 Å². The number of aryl methyl sites for hydroxylation is 1. The molecule has 0 fully saturated rings. The highest BCUT2D eigenvalue weighted by Gasteiger charge is 2.16. The van der Waals surface area contributed by atoms with E-state index < -0.39 is 17.7 Å². The van der Waals surface area contributed by atoms with Crippen LogP contribution in [0.1, 0.15) is 17.2 Å². The predicted molar refractivity (Wildman–Crippen MR) is 47.1 cm³/mol. The molecule has 0 heterocycles. The van der Waals surface area contributed by atoms with Crippen LogP contribution in [-0.4, -0.2) is 6.54 Å². The summed E-state index contributed by atoms with van der Waals surface area (Å²) in [6, 6.07) is 1.79. The molecular weight excluding hydrogens is 174 g/mol. The van der Waals surface area contributed by atoms with E-state index in [-0.39, 0.29) is 12.1 Å². The Labute approximate surface area is 75.5 Å². The van der Waals surface area contributed by atoms with Crippen LogP contribution in [0.2, 0.25) is 0 Å². The van der Waals surface area contributed by atoms with E-state index in [1.807, 2.05) is 0 Å². The van der Waals surface area contributed by atoms with Gasteiger partial charge in [0.25, 0.3) is 0 Å². The minimum atomic E-state index is -0.778. The van der Waals surface area contributed by atoms with Crippen LogP contribution >= 0.6 is 0 Å². The standard InChI is InChI=1S/C9H12F2N2/c1-5-2-3-6(10)8(9(5)11)7(13)4-12/h2-3,7H,4,12-13H2,1H3. The molecule has 0 aromatic heterocycles. The van der Waals surface area contributed by atoms with Crippen molar-refractivity contribution >= 4 is 0 Å². The maximum Gasteiger partial charge on any atom is 0.133 e. The van der Waals surface area contributed by atoms with Gasteiger partial charge < -0.3 is 11.5 Å². The lowest BCUT2D eigenvalue weighted by Crippen LogP contribution is -2.23. The summed E-state index contributed by atoms with van der Waals surface area (Å²) in [6.07, 6.45) is 0. The molecule has 0 amide bonds. The molecule has 0 aliphatic heterocycles. The molecule has 0 spiro atoms. The van der Waals surface area contributed by atoms with Crippen molar-refractivity contribution in [2.75, 3.05) is 6.54 Å². The lowest BCUT2D eigenvalue weighted by molar-refractivity contribution is 0.523. The third-order valence-corrected chi connectivity index (χ3v) is 1.94. The van der Waals surface area contributed by atoms with Gasteiger partial charge in [0.15, 0.2) is 0 Å². The molecule has 0 bridgehead atoms. The smallest absolute Gasteiger partial charge is 0.133 e. The fraction of sp³-hybridized carbons (Fsp3) is 0.333. The molecule has 4 heteroatoms. The number of hydrogen-bond donors (Lipinski definition) is 2. The summed E-state index contributed by atoms with van der Waals surface area (Å²) in [7, 11) is 0. The minimum Gasteiger partial charge on any atom is -0.329 e. The van der Waals surface area contributed by atoms with Gasteiger partial charge >= 0.3 is 0 Å². The average molecular weight is 186 g/mol. The van der Waals surface area contributed by atoms with Crippen molar-refractivity contribution in [3.8, 4) is 0 Å². The van der Waals surface area contributed by atoms with Crippen LogP contribution in [0.5, 0.6) is 0 Å². The summed E-state index contributed by atoms with van der Waals surface area (Å²) in [6.45, 7) is 1.58. The highest BCUT2D eigenvalue weighted by Crippen LogP contribution is 2.20.